The van der Waals surface area contributed by atoms with E-state index in [1.54, 1.807) is 0 Å². The quantitative estimate of drug-likeness (QED) is 0.784. The lowest BCUT2D eigenvalue weighted by Crippen LogP contribution is -2.25. The number of carbonyl (C=O) groups is 1. The minimum Gasteiger partial charge on any atom is -0.434 e. The lowest BCUT2D eigenvalue weighted by molar-refractivity contribution is -0.0501. The van der Waals surface area contributed by atoms with Crippen LogP contribution >= 0.6 is 11.6 Å². The molecule has 4 nitrogen and oxygen atoms in total. The van der Waals surface area contributed by atoms with Crippen molar-refractivity contribution in [3.8, 4) is 5.75 Å². The van der Waals surface area contributed by atoms with Gasteiger partial charge in [-0.15, -0.1) is 0 Å². The average Bonchev–Trinajstić information content (AvgIpc) is 2.31. The number of aliphatic hydroxyl groups is 1. The number of nitrogens with one attached hydrogen (secondary N) is 1. The third kappa shape index (κ3) is 4.46. The first-order valence-electron chi connectivity index (χ1n) is 5.18. The topological polar surface area (TPSA) is 58.6 Å². The van der Waals surface area contributed by atoms with Crippen molar-refractivity contribution in [1.29, 1.82) is 0 Å². The van der Waals surface area contributed by atoms with Gasteiger partial charge in [0.25, 0.3) is 5.91 Å². The van der Waals surface area contributed by atoms with Crippen LogP contribution in [0, 0.1) is 0 Å². The molecule has 0 aliphatic carbocycles. The number of hydrogen-bond donors (Lipinski definition) is 2. The molecule has 0 saturated heterocycles. The summed E-state index contributed by atoms with van der Waals surface area (Å²) in [6, 6.07) is 3.80. The number of aliphatic hydroxyl groups excluding tert-OH is 1. The van der Waals surface area contributed by atoms with E-state index in [4.69, 9.17) is 16.7 Å². The minimum absolute atomic E-state index is 0.0688. The molecule has 0 saturated carbocycles. The number of rotatable bonds is 6. The largest absolute Gasteiger partial charge is 0.434 e. The van der Waals surface area contributed by atoms with Gasteiger partial charge < -0.3 is 15.2 Å². The lowest BCUT2D eigenvalue weighted by Gasteiger charge is -2.11. The molecule has 0 radical (unpaired) electrons. The Morgan fingerprint density at radius 3 is 2.83 bits per heavy atom. The number of benzene rings is 1. The Kier molecular flexibility index (Phi) is 5.80. The standard InChI is InChI=1S/C11H12ClF2NO3/c12-7-2-3-9(18-11(13)14)8(6-7)10(17)15-4-1-5-16/h2-3,6,11,16H,1,4-5H2,(H,15,17). The van der Waals surface area contributed by atoms with Crippen LogP contribution in [-0.4, -0.2) is 30.8 Å². The van der Waals surface area contributed by atoms with Crippen LogP contribution in [0.2, 0.25) is 5.02 Å². The summed E-state index contributed by atoms with van der Waals surface area (Å²) in [7, 11) is 0. The molecule has 1 rings (SSSR count). The van der Waals surface area contributed by atoms with Gasteiger partial charge in [0.2, 0.25) is 0 Å². The van der Waals surface area contributed by atoms with Gasteiger partial charge in [-0.2, -0.15) is 8.78 Å². The number of carbonyl (C=O) groups excluding carboxylic acids is 1. The molecule has 0 atom stereocenters. The number of halogens is 3. The van der Waals surface area contributed by atoms with Crippen molar-refractivity contribution in [2.45, 2.75) is 13.0 Å². The highest BCUT2D eigenvalue weighted by molar-refractivity contribution is 6.31. The summed E-state index contributed by atoms with van der Waals surface area (Å²) < 4.78 is 28.5. The SMILES string of the molecule is O=C(NCCCO)c1cc(Cl)ccc1OC(F)F. The van der Waals surface area contributed by atoms with Crippen LogP contribution in [0.1, 0.15) is 16.8 Å². The van der Waals surface area contributed by atoms with Crippen LogP contribution in [0.25, 0.3) is 0 Å². The van der Waals surface area contributed by atoms with E-state index in [1.807, 2.05) is 0 Å². The van der Waals surface area contributed by atoms with E-state index < -0.39 is 12.5 Å². The molecule has 0 bridgehead atoms. The van der Waals surface area contributed by atoms with Gasteiger partial charge in [0.15, 0.2) is 0 Å². The Bertz CT molecular complexity index is 415. The van der Waals surface area contributed by atoms with E-state index in [1.165, 1.54) is 18.2 Å². The molecule has 0 aromatic heterocycles. The summed E-state index contributed by atoms with van der Waals surface area (Å²) in [5.41, 5.74) is -0.0688. The van der Waals surface area contributed by atoms with Gasteiger partial charge in [-0.25, -0.2) is 0 Å². The van der Waals surface area contributed by atoms with Crippen LogP contribution in [0.15, 0.2) is 18.2 Å². The molecule has 2 N–H and O–H groups in total. The van der Waals surface area contributed by atoms with Gasteiger partial charge >= 0.3 is 6.61 Å². The monoisotopic (exact) mass is 279 g/mol. The predicted octanol–water partition coefficient (Wildman–Crippen LogP) is 2.05. The third-order valence-corrected chi connectivity index (χ3v) is 2.26. The summed E-state index contributed by atoms with van der Waals surface area (Å²) in [6.07, 6.45) is 0.372. The second-order valence-electron chi connectivity index (χ2n) is 3.35. The molecule has 7 heteroatoms. The fourth-order valence-corrected chi connectivity index (χ4v) is 1.43. The molecular formula is C11H12ClF2NO3. The maximum Gasteiger partial charge on any atom is 0.387 e. The minimum atomic E-state index is -3.02. The zero-order valence-corrected chi connectivity index (χ0v) is 10.1. The van der Waals surface area contributed by atoms with Crippen molar-refractivity contribution in [1.82, 2.24) is 5.32 Å². The summed E-state index contributed by atoms with van der Waals surface area (Å²) in [6.45, 7) is -2.86. The van der Waals surface area contributed by atoms with Crippen molar-refractivity contribution < 1.29 is 23.4 Å². The molecule has 0 unspecified atom stereocenters. The predicted molar refractivity (Wildman–Crippen MR) is 62.1 cm³/mol. The van der Waals surface area contributed by atoms with E-state index in [0.717, 1.165) is 0 Å². The summed E-state index contributed by atoms with van der Waals surface area (Å²) in [5.74, 6) is -0.822. The molecule has 0 spiro atoms. The summed E-state index contributed by atoms with van der Waals surface area (Å²) in [4.78, 5) is 11.7. The molecule has 0 fully saturated rings. The van der Waals surface area contributed by atoms with Crippen molar-refractivity contribution in [2.75, 3.05) is 13.2 Å². The molecule has 1 aromatic carbocycles. The first-order chi connectivity index (χ1) is 8.54. The smallest absolute Gasteiger partial charge is 0.387 e. The van der Waals surface area contributed by atoms with Crippen molar-refractivity contribution in [2.24, 2.45) is 0 Å². The fraction of sp³-hybridized carbons (Fsp3) is 0.364. The number of amides is 1. The van der Waals surface area contributed by atoms with E-state index >= 15 is 0 Å². The Labute approximate surface area is 108 Å². The Balaban J connectivity index is 2.83. The molecule has 0 aliphatic rings. The molecule has 1 amide bonds. The van der Waals surface area contributed by atoms with Crippen molar-refractivity contribution in [3.05, 3.63) is 28.8 Å². The maximum absolute atomic E-state index is 12.2. The molecule has 1 aromatic rings. The third-order valence-electron chi connectivity index (χ3n) is 2.02. The number of ether oxygens (including phenoxy) is 1. The Hall–Kier alpha value is -1.40. The zero-order valence-electron chi connectivity index (χ0n) is 9.33. The highest BCUT2D eigenvalue weighted by Crippen LogP contribution is 2.24. The molecular weight excluding hydrogens is 268 g/mol. The highest BCUT2D eigenvalue weighted by Gasteiger charge is 2.16. The van der Waals surface area contributed by atoms with Crippen molar-refractivity contribution in [3.63, 3.8) is 0 Å². The summed E-state index contributed by atoms with van der Waals surface area (Å²) >= 11 is 5.70. The second-order valence-corrected chi connectivity index (χ2v) is 3.79. The van der Waals surface area contributed by atoms with Crippen molar-refractivity contribution >= 4 is 17.5 Å². The Morgan fingerprint density at radius 2 is 2.22 bits per heavy atom. The van der Waals surface area contributed by atoms with Crippen LogP contribution < -0.4 is 10.1 Å². The number of hydrogen-bond acceptors (Lipinski definition) is 3. The summed E-state index contributed by atoms with van der Waals surface area (Å²) in [5, 5.41) is 11.3. The molecule has 100 valence electrons. The second kappa shape index (κ2) is 7.13. The molecule has 0 heterocycles. The molecule has 18 heavy (non-hydrogen) atoms. The Morgan fingerprint density at radius 1 is 1.50 bits per heavy atom. The van der Waals surface area contributed by atoms with E-state index in [0.29, 0.717) is 6.42 Å². The van der Waals surface area contributed by atoms with Gasteiger partial charge in [-0.05, 0) is 24.6 Å². The van der Waals surface area contributed by atoms with E-state index in [2.05, 4.69) is 10.1 Å². The first-order valence-corrected chi connectivity index (χ1v) is 5.56. The fourth-order valence-electron chi connectivity index (χ4n) is 1.25. The normalized spacial score (nSPS) is 10.5. The number of alkyl halides is 2. The van der Waals surface area contributed by atoms with Gasteiger partial charge in [0, 0.05) is 18.2 Å². The van der Waals surface area contributed by atoms with Crippen LogP contribution in [-0.2, 0) is 0 Å². The average molecular weight is 280 g/mol. The van der Waals surface area contributed by atoms with E-state index in [-0.39, 0.29) is 29.5 Å². The van der Waals surface area contributed by atoms with E-state index in [9.17, 15) is 13.6 Å². The van der Waals surface area contributed by atoms with Gasteiger partial charge in [0.05, 0.1) is 5.56 Å². The van der Waals surface area contributed by atoms with Gasteiger partial charge in [-0.3, -0.25) is 4.79 Å². The van der Waals surface area contributed by atoms with Gasteiger partial charge in [-0.1, -0.05) is 11.6 Å². The van der Waals surface area contributed by atoms with Crippen LogP contribution in [0.3, 0.4) is 0 Å². The first kappa shape index (κ1) is 14.7. The van der Waals surface area contributed by atoms with Crippen LogP contribution in [0.5, 0.6) is 5.75 Å². The zero-order chi connectivity index (χ0) is 13.5. The lowest BCUT2D eigenvalue weighted by atomic mass is 10.2. The maximum atomic E-state index is 12.2. The van der Waals surface area contributed by atoms with Crippen LogP contribution in [0.4, 0.5) is 8.78 Å². The highest BCUT2D eigenvalue weighted by atomic mass is 35.5. The van der Waals surface area contributed by atoms with Gasteiger partial charge in [0.1, 0.15) is 5.75 Å². The molecule has 0 aliphatic heterocycles.